The number of benzene rings is 1. The number of halogens is 2. The molecule has 0 saturated carbocycles. The van der Waals surface area contributed by atoms with Gasteiger partial charge in [-0.3, -0.25) is 9.59 Å². The van der Waals surface area contributed by atoms with E-state index in [9.17, 15) is 9.59 Å². The first-order valence-corrected chi connectivity index (χ1v) is 6.13. The van der Waals surface area contributed by atoms with Gasteiger partial charge in [-0.2, -0.15) is 0 Å². The zero-order valence-corrected chi connectivity index (χ0v) is 11.5. The highest BCUT2D eigenvalue weighted by atomic mass is 35.5. The molecule has 0 bridgehead atoms. The lowest BCUT2D eigenvalue weighted by molar-refractivity contribution is -0.127. The largest absolute Gasteiger partial charge is 0.479 e. The van der Waals surface area contributed by atoms with Gasteiger partial charge in [0, 0.05) is 11.6 Å². The third-order valence-electron chi connectivity index (χ3n) is 2.18. The molecule has 6 heteroatoms. The summed E-state index contributed by atoms with van der Waals surface area (Å²) in [6, 6.07) is 2.89. The molecule has 18 heavy (non-hydrogen) atoms. The molecule has 1 unspecified atom stereocenters. The van der Waals surface area contributed by atoms with Crippen LogP contribution >= 0.6 is 23.2 Å². The Morgan fingerprint density at radius 2 is 2.17 bits per heavy atom. The van der Waals surface area contributed by atoms with Gasteiger partial charge in [0.15, 0.2) is 12.4 Å². The van der Waals surface area contributed by atoms with Crippen LogP contribution in [0.5, 0.6) is 5.75 Å². The number of hydrogen-bond acceptors (Lipinski definition) is 3. The second-order valence-corrected chi connectivity index (χ2v) is 4.42. The molecule has 1 N–H and O–H groups in total. The first-order chi connectivity index (χ1) is 8.49. The van der Waals surface area contributed by atoms with E-state index in [1.54, 1.807) is 13.8 Å². The van der Waals surface area contributed by atoms with Crippen LogP contribution in [0.1, 0.15) is 24.2 Å². The van der Waals surface area contributed by atoms with Gasteiger partial charge in [0.1, 0.15) is 5.75 Å². The molecule has 0 aliphatic rings. The Morgan fingerprint density at radius 3 is 2.72 bits per heavy atom. The van der Waals surface area contributed by atoms with Crippen LogP contribution in [0.25, 0.3) is 0 Å². The van der Waals surface area contributed by atoms with Gasteiger partial charge < -0.3 is 10.1 Å². The van der Waals surface area contributed by atoms with Gasteiger partial charge in [-0.05, 0) is 26.0 Å². The molecule has 0 aromatic heterocycles. The maximum Gasteiger partial charge on any atom is 0.260 e. The van der Waals surface area contributed by atoms with Gasteiger partial charge in [-0.1, -0.05) is 23.2 Å². The van der Waals surface area contributed by atoms with Crippen LogP contribution < -0.4 is 10.1 Å². The highest BCUT2D eigenvalue weighted by Crippen LogP contribution is 2.32. The maximum absolute atomic E-state index is 11.5. The number of carbonyl (C=O) groups is 2. The van der Waals surface area contributed by atoms with Crippen molar-refractivity contribution in [2.75, 3.05) is 6.54 Å². The molecule has 1 aromatic rings. The normalized spacial score (nSPS) is 11.8. The Balaban J connectivity index is 2.96. The highest BCUT2D eigenvalue weighted by molar-refractivity contribution is 6.36. The summed E-state index contributed by atoms with van der Waals surface area (Å²) in [6.45, 7) is 3.88. The van der Waals surface area contributed by atoms with Gasteiger partial charge in [0.05, 0.1) is 10.6 Å². The summed E-state index contributed by atoms with van der Waals surface area (Å²) in [7, 11) is 0. The lowest BCUT2D eigenvalue weighted by atomic mass is 10.2. The number of rotatable bonds is 5. The second kappa shape index (κ2) is 6.61. The van der Waals surface area contributed by atoms with Crippen LogP contribution in [-0.2, 0) is 4.79 Å². The van der Waals surface area contributed by atoms with Crippen molar-refractivity contribution in [3.63, 3.8) is 0 Å². The lowest BCUT2D eigenvalue weighted by Crippen LogP contribution is -2.36. The zero-order chi connectivity index (χ0) is 13.7. The molecule has 0 radical (unpaired) electrons. The Morgan fingerprint density at radius 1 is 1.50 bits per heavy atom. The molecule has 1 aromatic carbocycles. The number of hydrogen-bond donors (Lipinski definition) is 1. The maximum atomic E-state index is 11.5. The summed E-state index contributed by atoms with van der Waals surface area (Å²) in [5, 5.41) is 3.14. The minimum Gasteiger partial charge on any atom is -0.479 e. The quantitative estimate of drug-likeness (QED) is 0.848. The Labute approximate surface area is 115 Å². The second-order valence-electron chi connectivity index (χ2n) is 3.58. The summed E-state index contributed by atoms with van der Waals surface area (Å²) < 4.78 is 5.40. The highest BCUT2D eigenvalue weighted by Gasteiger charge is 2.18. The summed E-state index contributed by atoms with van der Waals surface area (Å²) in [5.74, 6) is -0.116. The minimum atomic E-state index is -0.748. The Hall–Kier alpha value is -1.26. The Bertz CT molecular complexity index is 463. The number of amides is 1. The number of nitrogens with one attached hydrogen (secondary N) is 1. The molecule has 0 aliphatic carbocycles. The predicted molar refractivity (Wildman–Crippen MR) is 70.6 cm³/mol. The smallest absolute Gasteiger partial charge is 0.260 e. The van der Waals surface area contributed by atoms with E-state index in [4.69, 9.17) is 27.9 Å². The number of carbonyl (C=O) groups excluding carboxylic acids is 2. The topological polar surface area (TPSA) is 55.4 Å². The van der Waals surface area contributed by atoms with Gasteiger partial charge in [-0.25, -0.2) is 0 Å². The van der Waals surface area contributed by atoms with E-state index in [1.165, 1.54) is 12.1 Å². The first kappa shape index (κ1) is 14.8. The zero-order valence-electron chi connectivity index (χ0n) is 10.00. The Kier molecular flexibility index (Phi) is 5.44. The van der Waals surface area contributed by atoms with E-state index in [0.29, 0.717) is 17.9 Å². The number of likely N-dealkylation sites (N-methyl/N-ethyl adjacent to an activating group) is 1. The van der Waals surface area contributed by atoms with Crippen molar-refractivity contribution in [1.82, 2.24) is 5.32 Å². The molecule has 0 saturated heterocycles. The number of ether oxygens (including phenoxy) is 1. The van der Waals surface area contributed by atoms with E-state index >= 15 is 0 Å². The molecular weight excluding hydrogens is 277 g/mol. The molecular formula is C12H13Cl2NO3. The third kappa shape index (κ3) is 3.62. The van der Waals surface area contributed by atoms with Gasteiger partial charge >= 0.3 is 0 Å². The van der Waals surface area contributed by atoms with E-state index in [0.717, 1.165) is 0 Å². The summed E-state index contributed by atoms with van der Waals surface area (Å²) >= 11 is 11.7. The molecule has 0 spiro atoms. The fraction of sp³-hybridized carbons (Fsp3) is 0.333. The summed E-state index contributed by atoms with van der Waals surface area (Å²) in [6.07, 6.45) is -0.167. The monoisotopic (exact) mass is 289 g/mol. The van der Waals surface area contributed by atoms with Crippen molar-refractivity contribution >= 4 is 35.4 Å². The van der Waals surface area contributed by atoms with Crippen molar-refractivity contribution in [1.29, 1.82) is 0 Å². The van der Waals surface area contributed by atoms with Crippen LogP contribution in [0.4, 0.5) is 0 Å². The van der Waals surface area contributed by atoms with Gasteiger partial charge in [0.2, 0.25) is 0 Å². The lowest BCUT2D eigenvalue weighted by Gasteiger charge is -2.16. The molecule has 1 amide bonds. The molecule has 0 aliphatic heterocycles. The third-order valence-corrected chi connectivity index (χ3v) is 2.68. The van der Waals surface area contributed by atoms with E-state index in [1.807, 2.05) is 0 Å². The average molecular weight is 290 g/mol. The molecule has 98 valence electrons. The summed E-state index contributed by atoms with van der Waals surface area (Å²) in [4.78, 5) is 22.4. The molecule has 0 heterocycles. The van der Waals surface area contributed by atoms with Crippen LogP contribution in [0.15, 0.2) is 12.1 Å². The predicted octanol–water partition coefficient (Wildman–Crippen LogP) is 2.71. The van der Waals surface area contributed by atoms with Crippen LogP contribution in [-0.4, -0.2) is 24.8 Å². The molecule has 0 fully saturated rings. The first-order valence-electron chi connectivity index (χ1n) is 5.38. The van der Waals surface area contributed by atoms with Crippen LogP contribution in [0, 0.1) is 0 Å². The van der Waals surface area contributed by atoms with Crippen molar-refractivity contribution in [2.45, 2.75) is 20.0 Å². The minimum absolute atomic E-state index is 0.162. The fourth-order valence-electron chi connectivity index (χ4n) is 1.34. The fourth-order valence-corrected chi connectivity index (χ4v) is 1.89. The average Bonchev–Trinajstić information content (AvgIpc) is 2.32. The SMILES string of the molecule is CCNC(=O)C(C)Oc1c(Cl)cc(Cl)cc1C=O. The van der Waals surface area contributed by atoms with Gasteiger partial charge in [-0.15, -0.1) is 0 Å². The van der Waals surface area contributed by atoms with E-state index in [2.05, 4.69) is 5.32 Å². The molecule has 1 atom stereocenters. The summed E-state index contributed by atoms with van der Waals surface area (Å²) in [5.41, 5.74) is 0.212. The van der Waals surface area contributed by atoms with Crippen molar-refractivity contribution in [3.8, 4) is 5.75 Å². The standard InChI is InChI=1S/C12H13Cl2NO3/c1-3-15-12(17)7(2)18-11-8(6-16)4-9(13)5-10(11)14/h4-7H,3H2,1-2H3,(H,15,17). The van der Waals surface area contributed by atoms with Crippen molar-refractivity contribution in [3.05, 3.63) is 27.7 Å². The van der Waals surface area contributed by atoms with E-state index < -0.39 is 6.10 Å². The van der Waals surface area contributed by atoms with Crippen molar-refractivity contribution in [2.24, 2.45) is 0 Å². The van der Waals surface area contributed by atoms with Crippen LogP contribution in [0.2, 0.25) is 10.0 Å². The van der Waals surface area contributed by atoms with E-state index in [-0.39, 0.29) is 22.2 Å². The van der Waals surface area contributed by atoms with Crippen LogP contribution in [0.3, 0.4) is 0 Å². The molecule has 1 rings (SSSR count). The number of aldehydes is 1. The molecule has 4 nitrogen and oxygen atoms in total. The van der Waals surface area contributed by atoms with Crippen molar-refractivity contribution < 1.29 is 14.3 Å². The van der Waals surface area contributed by atoms with Gasteiger partial charge in [0.25, 0.3) is 5.91 Å².